The Balaban J connectivity index is 1.48. The Kier molecular flexibility index (Phi) is 5.01. The first-order valence-corrected chi connectivity index (χ1v) is 9.47. The topological polar surface area (TPSA) is 80.0 Å². The molecule has 0 unspecified atom stereocenters. The number of carbonyl (C=O) groups is 1. The maximum absolute atomic E-state index is 13.0. The fourth-order valence-corrected chi connectivity index (χ4v) is 3.38. The highest BCUT2D eigenvalue weighted by atomic mass is 16.2. The van der Waals surface area contributed by atoms with Crippen LogP contribution < -0.4 is 4.90 Å². The van der Waals surface area contributed by atoms with Gasteiger partial charge in [-0.05, 0) is 48.5 Å². The van der Waals surface area contributed by atoms with Gasteiger partial charge in [-0.3, -0.25) is 4.79 Å². The van der Waals surface area contributed by atoms with Gasteiger partial charge in [-0.15, -0.1) is 5.10 Å². The highest BCUT2D eigenvalue weighted by Crippen LogP contribution is 2.21. The Morgan fingerprint density at radius 2 is 1.86 bits per heavy atom. The summed E-state index contributed by atoms with van der Waals surface area (Å²) in [5.74, 6) is 1.66. The Morgan fingerprint density at radius 3 is 2.57 bits per heavy atom. The molecule has 8 nitrogen and oxygen atoms in total. The zero-order valence-corrected chi connectivity index (χ0v) is 16.1. The molecule has 1 aromatic carbocycles. The van der Waals surface area contributed by atoms with Crippen molar-refractivity contribution in [1.29, 1.82) is 0 Å². The summed E-state index contributed by atoms with van der Waals surface area (Å²) in [7, 11) is 0. The molecule has 1 fully saturated rings. The van der Waals surface area contributed by atoms with Crippen molar-refractivity contribution in [2.75, 3.05) is 31.1 Å². The van der Waals surface area contributed by atoms with Gasteiger partial charge in [-0.25, -0.2) is 9.67 Å². The number of tetrazole rings is 1. The molecule has 1 aliphatic rings. The number of carbonyl (C=O) groups excluding carboxylic acids is 1. The van der Waals surface area contributed by atoms with Crippen LogP contribution in [0.1, 0.15) is 30.2 Å². The predicted molar refractivity (Wildman–Crippen MR) is 106 cm³/mol. The third-order valence-electron chi connectivity index (χ3n) is 4.89. The monoisotopic (exact) mass is 377 g/mol. The molecule has 0 N–H and O–H groups in total. The third-order valence-corrected chi connectivity index (χ3v) is 4.89. The molecule has 1 aliphatic heterocycles. The van der Waals surface area contributed by atoms with Crippen molar-refractivity contribution in [3.63, 3.8) is 0 Å². The van der Waals surface area contributed by atoms with Gasteiger partial charge in [-0.1, -0.05) is 18.2 Å². The second kappa shape index (κ2) is 7.75. The molecule has 28 heavy (non-hydrogen) atoms. The average molecular weight is 377 g/mol. The second-order valence-corrected chi connectivity index (χ2v) is 7.09. The number of benzene rings is 1. The molecule has 8 heteroatoms. The van der Waals surface area contributed by atoms with Crippen LogP contribution in [0.5, 0.6) is 0 Å². The zero-order chi connectivity index (χ0) is 19.5. The standard InChI is InChI=1S/C20H23N7O/c1-15(2)27-19(22-23-24-27)16-6-5-7-17(14-16)20(28)26-12-10-25(11-13-26)18-8-3-4-9-21-18/h3-9,14-15H,10-13H2,1-2H3. The van der Waals surface area contributed by atoms with Crippen LogP contribution in [0, 0.1) is 0 Å². The van der Waals surface area contributed by atoms with Gasteiger partial charge in [0.2, 0.25) is 0 Å². The number of hydrogen-bond donors (Lipinski definition) is 0. The molecule has 4 rings (SSSR count). The van der Waals surface area contributed by atoms with Crippen LogP contribution in [-0.2, 0) is 0 Å². The van der Waals surface area contributed by atoms with Crippen molar-refractivity contribution in [3.05, 3.63) is 54.2 Å². The first kappa shape index (κ1) is 18.1. The van der Waals surface area contributed by atoms with Crippen LogP contribution in [0.2, 0.25) is 0 Å². The van der Waals surface area contributed by atoms with E-state index in [-0.39, 0.29) is 11.9 Å². The van der Waals surface area contributed by atoms with E-state index in [1.807, 2.05) is 61.2 Å². The van der Waals surface area contributed by atoms with Crippen LogP contribution in [0.15, 0.2) is 48.7 Å². The number of pyridine rings is 1. The highest BCUT2D eigenvalue weighted by molar-refractivity contribution is 5.95. The van der Waals surface area contributed by atoms with Crippen LogP contribution in [-0.4, -0.2) is 62.2 Å². The lowest BCUT2D eigenvalue weighted by molar-refractivity contribution is 0.0746. The predicted octanol–water partition coefficient (Wildman–Crippen LogP) is 2.28. The van der Waals surface area contributed by atoms with Gasteiger partial charge in [0.15, 0.2) is 5.82 Å². The molecule has 144 valence electrons. The summed E-state index contributed by atoms with van der Waals surface area (Å²) in [6.07, 6.45) is 1.79. The van der Waals surface area contributed by atoms with Crippen molar-refractivity contribution in [2.24, 2.45) is 0 Å². The quantitative estimate of drug-likeness (QED) is 0.694. The minimum atomic E-state index is 0.0334. The van der Waals surface area contributed by atoms with Crippen molar-refractivity contribution in [2.45, 2.75) is 19.9 Å². The van der Waals surface area contributed by atoms with E-state index in [0.29, 0.717) is 24.5 Å². The van der Waals surface area contributed by atoms with Gasteiger partial charge in [-0.2, -0.15) is 0 Å². The van der Waals surface area contributed by atoms with Gasteiger partial charge in [0.05, 0.1) is 6.04 Å². The number of rotatable bonds is 4. The number of amides is 1. The molecule has 1 amide bonds. The molecular weight excluding hydrogens is 354 g/mol. The number of hydrogen-bond acceptors (Lipinski definition) is 6. The van der Waals surface area contributed by atoms with E-state index >= 15 is 0 Å². The number of aromatic nitrogens is 5. The van der Waals surface area contributed by atoms with Crippen LogP contribution >= 0.6 is 0 Å². The summed E-state index contributed by atoms with van der Waals surface area (Å²) in [6.45, 7) is 6.93. The lowest BCUT2D eigenvalue weighted by Crippen LogP contribution is -2.49. The van der Waals surface area contributed by atoms with E-state index in [1.54, 1.807) is 10.9 Å². The van der Waals surface area contributed by atoms with Crippen molar-refractivity contribution >= 4 is 11.7 Å². The van der Waals surface area contributed by atoms with Crippen LogP contribution in [0.3, 0.4) is 0 Å². The molecule has 0 saturated carbocycles. The summed E-state index contributed by atoms with van der Waals surface area (Å²) in [4.78, 5) is 21.5. The van der Waals surface area contributed by atoms with Crippen LogP contribution in [0.4, 0.5) is 5.82 Å². The zero-order valence-electron chi connectivity index (χ0n) is 16.1. The third kappa shape index (κ3) is 3.58. The summed E-state index contributed by atoms with van der Waals surface area (Å²) in [5.41, 5.74) is 1.50. The smallest absolute Gasteiger partial charge is 0.253 e. The molecule has 0 aliphatic carbocycles. The largest absolute Gasteiger partial charge is 0.353 e. The fraction of sp³-hybridized carbons (Fsp3) is 0.350. The summed E-state index contributed by atoms with van der Waals surface area (Å²) in [5, 5.41) is 11.9. The highest BCUT2D eigenvalue weighted by Gasteiger charge is 2.23. The van der Waals surface area contributed by atoms with Crippen molar-refractivity contribution < 1.29 is 4.79 Å². The van der Waals surface area contributed by atoms with Crippen molar-refractivity contribution in [1.82, 2.24) is 30.1 Å². The minimum absolute atomic E-state index is 0.0334. The van der Waals surface area contributed by atoms with E-state index in [4.69, 9.17) is 0 Å². The van der Waals surface area contributed by atoms with Gasteiger partial charge in [0.1, 0.15) is 5.82 Å². The second-order valence-electron chi connectivity index (χ2n) is 7.09. The number of piperazine rings is 1. The maximum Gasteiger partial charge on any atom is 0.253 e. The molecule has 3 heterocycles. The summed E-state index contributed by atoms with van der Waals surface area (Å²) >= 11 is 0. The SMILES string of the molecule is CC(C)n1nnnc1-c1cccc(C(=O)N2CCN(c3ccccn3)CC2)c1. The lowest BCUT2D eigenvalue weighted by Gasteiger charge is -2.35. The van der Waals surface area contributed by atoms with E-state index in [9.17, 15) is 4.79 Å². The van der Waals surface area contributed by atoms with E-state index in [1.165, 1.54) is 0 Å². The first-order valence-electron chi connectivity index (χ1n) is 9.47. The summed E-state index contributed by atoms with van der Waals surface area (Å²) in [6, 6.07) is 13.6. The number of nitrogens with zero attached hydrogens (tertiary/aromatic N) is 7. The molecule has 0 radical (unpaired) electrons. The van der Waals surface area contributed by atoms with Gasteiger partial charge in [0, 0.05) is 43.5 Å². The lowest BCUT2D eigenvalue weighted by atomic mass is 10.1. The van der Waals surface area contributed by atoms with E-state index in [2.05, 4.69) is 25.4 Å². The summed E-state index contributed by atoms with van der Waals surface area (Å²) < 4.78 is 1.76. The maximum atomic E-state index is 13.0. The molecule has 3 aromatic rings. The van der Waals surface area contributed by atoms with Gasteiger partial charge < -0.3 is 9.80 Å². The Hall–Kier alpha value is -3.29. The van der Waals surface area contributed by atoms with E-state index in [0.717, 1.165) is 24.5 Å². The van der Waals surface area contributed by atoms with Crippen molar-refractivity contribution in [3.8, 4) is 11.4 Å². The van der Waals surface area contributed by atoms with Crippen LogP contribution in [0.25, 0.3) is 11.4 Å². The Morgan fingerprint density at radius 1 is 1.04 bits per heavy atom. The van der Waals surface area contributed by atoms with Gasteiger partial charge in [0.25, 0.3) is 5.91 Å². The molecule has 2 aromatic heterocycles. The molecule has 0 bridgehead atoms. The first-order chi connectivity index (χ1) is 13.6. The molecule has 0 spiro atoms. The minimum Gasteiger partial charge on any atom is -0.353 e. The molecule has 1 saturated heterocycles. The van der Waals surface area contributed by atoms with E-state index < -0.39 is 0 Å². The van der Waals surface area contributed by atoms with Gasteiger partial charge >= 0.3 is 0 Å². The average Bonchev–Trinajstić information content (AvgIpc) is 3.24. The Labute approximate surface area is 163 Å². The molecule has 0 atom stereocenters. The molecular formula is C20H23N7O. The fourth-order valence-electron chi connectivity index (χ4n) is 3.38. The normalized spacial score (nSPS) is 14.5. The Bertz CT molecular complexity index is 946. The number of anilines is 1.